The number of para-hydroxylation sites is 1. The van der Waals surface area contributed by atoms with E-state index in [1.807, 2.05) is 18.2 Å². The van der Waals surface area contributed by atoms with Crippen molar-refractivity contribution in [3.05, 3.63) is 58.5 Å². The van der Waals surface area contributed by atoms with Gasteiger partial charge in [0.25, 0.3) is 11.5 Å². The molecule has 126 valence electrons. The molecule has 1 aromatic heterocycles. The first-order valence-electron chi connectivity index (χ1n) is 8.11. The van der Waals surface area contributed by atoms with Crippen LogP contribution >= 0.6 is 0 Å². The van der Waals surface area contributed by atoms with E-state index in [-0.39, 0.29) is 17.2 Å². The molecular weight excluding hydrogens is 306 g/mol. The molecule has 1 saturated heterocycles. The van der Waals surface area contributed by atoms with Crippen molar-refractivity contribution in [3.63, 3.8) is 0 Å². The molecule has 7 nitrogen and oxygen atoms in total. The molecule has 3 rings (SSSR count). The zero-order valence-corrected chi connectivity index (χ0v) is 13.4. The average Bonchev–Trinajstić information content (AvgIpc) is 2.63. The van der Waals surface area contributed by atoms with Crippen LogP contribution in [-0.2, 0) is 0 Å². The van der Waals surface area contributed by atoms with E-state index in [1.165, 1.54) is 16.8 Å². The van der Waals surface area contributed by atoms with Crippen LogP contribution in [0.5, 0.6) is 0 Å². The molecule has 1 aromatic carbocycles. The summed E-state index contributed by atoms with van der Waals surface area (Å²) < 4.78 is 1.24. The fourth-order valence-corrected chi connectivity index (χ4v) is 2.64. The highest BCUT2D eigenvalue weighted by molar-refractivity contribution is 5.92. The zero-order chi connectivity index (χ0) is 16.8. The molecule has 2 N–H and O–H groups in total. The number of carbonyl (C=O) groups excluding carboxylic acids is 1. The van der Waals surface area contributed by atoms with Gasteiger partial charge in [-0.15, -0.1) is 0 Å². The Morgan fingerprint density at radius 2 is 1.88 bits per heavy atom. The fourth-order valence-electron chi connectivity index (χ4n) is 2.64. The molecule has 0 atom stereocenters. The minimum Gasteiger partial charge on any atom is -0.349 e. The molecule has 7 heteroatoms. The number of nitrogens with zero attached hydrogens (tertiary/aromatic N) is 3. The van der Waals surface area contributed by atoms with Crippen LogP contribution in [0, 0.1) is 0 Å². The lowest BCUT2D eigenvalue weighted by Gasteiger charge is -2.27. The standard InChI is InChI=1S/C17H21N5O2/c23-16-7-6-15(20-22(16)14-4-2-1-3-5-14)17(24)19-10-13-21-11-8-18-9-12-21/h1-7,18H,8-13H2,(H,19,24). The van der Waals surface area contributed by atoms with E-state index in [4.69, 9.17) is 0 Å². The molecule has 1 aliphatic rings. The number of hydrogen-bond donors (Lipinski definition) is 2. The second-order valence-electron chi connectivity index (χ2n) is 5.65. The highest BCUT2D eigenvalue weighted by Gasteiger charge is 2.12. The maximum atomic E-state index is 12.3. The lowest BCUT2D eigenvalue weighted by atomic mass is 10.3. The van der Waals surface area contributed by atoms with E-state index in [0.29, 0.717) is 12.2 Å². The molecule has 0 radical (unpaired) electrons. The maximum Gasteiger partial charge on any atom is 0.271 e. The number of nitrogens with one attached hydrogen (secondary N) is 2. The third-order valence-electron chi connectivity index (χ3n) is 3.96. The number of carbonyl (C=O) groups is 1. The molecule has 0 spiro atoms. The largest absolute Gasteiger partial charge is 0.349 e. The smallest absolute Gasteiger partial charge is 0.271 e. The molecule has 0 aliphatic carbocycles. The maximum absolute atomic E-state index is 12.3. The second-order valence-corrected chi connectivity index (χ2v) is 5.65. The minimum absolute atomic E-state index is 0.235. The predicted molar refractivity (Wildman–Crippen MR) is 91.5 cm³/mol. The van der Waals surface area contributed by atoms with Crippen molar-refractivity contribution in [1.29, 1.82) is 0 Å². The molecule has 24 heavy (non-hydrogen) atoms. The Bertz CT molecular complexity index is 738. The number of piperazine rings is 1. The first-order chi connectivity index (χ1) is 11.7. The van der Waals surface area contributed by atoms with E-state index in [9.17, 15) is 9.59 Å². The zero-order valence-electron chi connectivity index (χ0n) is 13.4. The quantitative estimate of drug-likeness (QED) is 0.800. The van der Waals surface area contributed by atoms with Crippen LogP contribution in [0.3, 0.4) is 0 Å². The van der Waals surface area contributed by atoms with Gasteiger partial charge < -0.3 is 10.6 Å². The van der Waals surface area contributed by atoms with Gasteiger partial charge in [0.2, 0.25) is 0 Å². The van der Waals surface area contributed by atoms with Gasteiger partial charge >= 0.3 is 0 Å². The minimum atomic E-state index is -0.269. The molecule has 2 aromatic rings. The van der Waals surface area contributed by atoms with Gasteiger partial charge in [0.15, 0.2) is 0 Å². The van der Waals surface area contributed by atoms with Gasteiger partial charge in [-0.05, 0) is 18.2 Å². The molecule has 1 fully saturated rings. The third kappa shape index (κ3) is 4.06. The second kappa shape index (κ2) is 7.85. The Labute approximate surface area is 140 Å². The Morgan fingerprint density at radius 1 is 1.12 bits per heavy atom. The summed E-state index contributed by atoms with van der Waals surface area (Å²) in [5.74, 6) is -0.269. The Morgan fingerprint density at radius 3 is 2.62 bits per heavy atom. The van der Waals surface area contributed by atoms with Crippen molar-refractivity contribution in [1.82, 2.24) is 25.3 Å². The van der Waals surface area contributed by atoms with Crippen molar-refractivity contribution in [2.24, 2.45) is 0 Å². The van der Waals surface area contributed by atoms with E-state index < -0.39 is 0 Å². The highest BCUT2D eigenvalue weighted by atomic mass is 16.2. The Kier molecular flexibility index (Phi) is 5.35. The van der Waals surface area contributed by atoms with E-state index in [1.54, 1.807) is 12.1 Å². The number of rotatable bonds is 5. The third-order valence-corrected chi connectivity index (χ3v) is 3.96. The predicted octanol–water partition coefficient (Wildman–Crippen LogP) is -0.132. The van der Waals surface area contributed by atoms with Crippen molar-refractivity contribution in [2.75, 3.05) is 39.3 Å². The van der Waals surface area contributed by atoms with Gasteiger partial charge in [-0.1, -0.05) is 18.2 Å². The molecular formula is C17H21N5O2. The van der Waals surface area contributed by atoms with Gasteiger partial charge in [0.05, 0.1) is 5.69 Å². The summed E-state index contributed by atoms with van der Waals surface area (Å²) in [7, 11) is 0. The van der Waals surface area contributed by atoms with E-state index >= 15 is 0 Å². The van der Waals surface area contributed by atoms with Crippen molar-refractivity contribution >= 4 is 5.91 Å². The summed E-state index contributed by atoms with van der Waals surface area (Å²) in [5, 5.41) is 10.3. The summed E-state index contributed by atoms with van der Waals surface area (Å²) in [5.41, 5.74) is 0.607. The van der Waals surface area contributed by atoms with Crippen LogP contribution in [0.2, 0.25) is 0 Å². The van der Waals surface area contributed by atoms with Crippen LogP contribution < -0.4 is 16.2 Å². The summed E-state index contributed by atoms with van der Waals surface area (Å²) in [4.78, 5) is 26.5. The molecule has 0 unspecified atom stereocenters. The van der Waals surface area contributed by atoms with Gasteiger partial charge in [0, 0.05) is 45.3 Å². The monoisotopic (exact) mass is 327 g/mol. The fraction of sp³-hybridized carbons (Fsp3) is 0.353. The average molecular weight is 327 g/mol. The Hall–Kier alpha value is -2.51. The van der Waals surface area contributed by atoms with Gasteiger partial charge in [0.1, 0.15) is 5.69 Å². The van der Waals surface area contributed by atoms with E-state index in [0.717, 1.165) is 32.7 Å². The molecule has 1 amide bonds. The molecule has 0 bridgehead atoms. The summed E-state index contributed by atoms with van der Waals surface area (Å²) >= 11 is 0. The molecule has 2 heterocycles. The first-order valence-corrected chi connectivity index (χ1v) is 8.11. The summed E-state index contributed by atoms with van der Waals surface area (Å²) in [6, 6.07) is 11.9. The summed E-state index contributed by atoms with van der Waals surface area (Å²) in [6.45, 7) is 5.33. The number of aromatic nitrogens is 2. The van der Waals surface area contributed by atoms with Crippen LogP contribution in [0.15, 0.2) is 47.3 Å². The van der Waals surface area contributed by atoms with Crippen molar-refractivity contribution in [3.8, 4) is 5.69 Å². The van der Waals surface area contributed by atoms with Gasteiger partial charge in [-0.2, -0.15) is 9.78 Å². The highest BCUT2D eigenvalue weighted by Crippen LogP contribution is 2.02. The number of hydrogen-bond acceptors (Lipinski definition) is 5. The van der Waals surface area contributed by atoms with Crippen molar-refractivity contribution < 1.29 is 4.79 Å². The first kappa shape index (κ1) is 16.4. The lowest BCUT2D eigenvalue weighted by molar-refractivity contribution is 0.0940. The molecule has 0 saturated carbocycles. The van der Waals surface area contributed by atoms with Crippen LogP contribution in [0.25, 0.3) is 5.69 Å². The molecule has 1 aliphatic heterocycles. The van der Waals surface area contributed by atoms with Gasteiger partial charge in [-0.25, -0.2) is 0 Å². The lowest BCUT2D eigenvalue weighted by Crippen LogP contribution is -2.46. The topological polar surface area (TPSA) is 79.3 Å². The van der Waals surface area contributed by atoms with Gasteiger partial charge in [-0.3, -0.25) is 14.5 Å². The number of amides is 1. The SMILES string of the molecule is O=C(NCCN1CCNCC1)c1ccc(=O)n(-c2ccccc2)n1. The summed E-state index contributed by atoms with van der Waals surface area (Å²) in [6.07, 6.45) is 0. The van der Waals surface area contributed by atoms with E-state index in [2.05, 4.69) is 20.6 Å². The number of benzene rings is 1. The van der Waals surface area contributed by atoms with Crippen LogP contribution in [0.4, 0.5) is 0 Å². The van der Waals surface area contributed by atoms with Crippen molar-refractivity contribution in [2.45, 2.75) is 0 Å². The van der Waals surface area contributed by atoms with Crippen LogP contribution in [-0.4, -0.2) is 59.9 Å². The van der Waals surface area contributed by atoms with Crippen LogP contribution in [0.1, 0.15) is 10.5 Å². The Balaban J connectivity index is 1.63. The normalized spacial score (nSPS) is 15.2.